The summed E-state index contributed by atoms with van der Waals surface area (Å²) in [4.78, 5) is 28.1. The van der Waals surface area contributed by atoms with Gasteiger partial charge in [-0.25, -0.2) is 9.18 Å². The maximum Gasteiger partial charge on any atom is 0.337 e. The van der Waals surface area contributed by atoms with Crippen molar-refractivity contribution in [3.63, 3.8) is 0 Å². The number of ether oxygens (including phenoxy) is 2. The van der Waals surface area contributed by atoms with Gasteiger partial charge in [-0.2, -0.15) is 0 Å². The number of amides is 1. The predicted octanol–water partition coefficient (Wildman–Crippen LogP) is 7.58. The Balaban J connectivity index is 1.70. The van der Waals surface area contributed by atoms with Gasteiger partial charge in [-0.15, -0.1) is 0 Å². The first-order valence-corrected chi connectivity index (χ1v) is 15.2. The van der Waals surface area contributed by atoms with Gasteiger partial charge in [-0.1, -0.05) is 17.7 Å². The Kier molecular flexibility index (Phi) is 8.61. The first kappa shape index (κ1) is 31.0. The van der Waals surface area contributed by atoms with Gasteiger partial charge in [0.1, 0.15) is 11.6 Å². The Morgan fingerprint density at radius 2 is 1.67 bits per heavy atom. The fourth-order valence-corrected chi connectivity index (χ4v) is 6.90. The molecule has 3 aromatic rings. The number of hydrogen-bond acceptors (Lipinski definition) is 4. The second kappa shape index (κ2) is 11.9. The van der Waals surface area contributed by atoms with E-state index in [4.69, 9.17) is 21.1 Å². The fourth-order valence-electron chi connectivity index (χ4n) is 6.62. The van der Waals surface area contributed by atoms with Crippen LogP contribution >= 0.6 is 11.6 Å². The van der Waals surface area contributed by atoms with Gasteiger partial charge in [0.25, 0.3) is 5.91 Å². The number of carboxylic acids is 1. The van der Waals surface area contributed by atoms with Crippen LogP contribution in [-0.4, -0.2) is 47.2 Å². The highest BCUT2D eigenvalue weighted by molar-refractivity contribution is 6.32. The van der Waals surface area contributed by atoms with Crippen LogP contribution in [0.1, 0.15) is 82.6 Å². The Bertz CT molecular complexity index is 1610. The van der Waals surface area contributed by atoms with Gasteiger partial charge >= 0.3 is 5.97 Å². The van der Waals surface area contributed by atoms with Gasteiger partial charge in [-0.3, -0.25) is 4.79 Å². The zero-order chi connectivity index (χ0) is 31.2. The summed E-state index contributed by atoms with van der Waals surface area (Å²) in [5.74, 6) is -1.04. The Morgan fingerprint density at radius 3 is 2.30 bits per heavy atom. The van der Waals surface area contributed by atoms with Crippen LogP contribution in [0, 0.1) is 26.6 Å². The van der Waals surface area contributed by atoms with Crippen molar-refractivity contribution >= 4 is 23.5 Å². The van der Waals surface area contributed by atoms with E-state index in [2.05, 4.69) is 0 Å². The Morgan fingerprint density at radius 1 is 1.00 bits per heavy atom. The summed E-state index contributed by atoms with van der Waals surface area (Å²) in [6.07, 6.45) is 1.59. The summed E-state index contributed by atoms with van der Waals surface area (Å²) in [5, 5.41) is 11.1. The second-order valence-corrected chi connectivity index (χ2v) is 12.9. The molecular weight excluding hydrogens is 569 g/mol. The molecule has 0 aliphatic carbocycles. The van der Waals surface area contributed by atoms with Crippen molar-refractivity contribution in [2.75, 3.05) is 19.7 Å². The monoisotopic (exact) mass is 607 g/mol. The highest BCUT2D eigenvalue weighted by Gasteiger charge is 2.35. The smallest absolute Gasteiger partial charge is 0.337 e. The summed E-state index contributed by atoms with van der Waals surface area (Å²) in [6.45, 7) is 13.1. The molecular formula is C35H39ClFNO5. The first-order valence-electron chi connectivity index (χ1n) is 14.8. The zero-order valence-corrected chi connectivity index (χ0v) is 26.5. The van der Waals surface area contributed by atoms with Gasteiger partial charge in [0.05, 0.1) is 17.2 Å². The van der Waals surface area contributed by atoms with Crippen LogP contribution in [0.15, 0.2) is 30.3 Å². The molecule has 0 aromatic heterocycles. The van der Waals surface area contributed by atoms with Crippen LogP contribution in [0.5, 0.6) is 5.75 Å². The average molecular weight is 608 g/mol. The van der Waals surface area contributed by atoms with Crippen LogP contribution < -0.4 is 4.74 Å². The minimum Gasteiger partial charge on any atom is -0.492 e. The van der Waals surface area contributed by atoms with Gasteiger partial charge < -0.3 is 19.5 Å². The molecule has 0 saturated heterocycles. The zero-order valence-electron chi connectivity index (χ0n) is 25.7. The van der Waals surface area contributed by atoms with Gasteiger partial charge in [0.15, 0.2) is 6.10 Å². The summed E-state index contributed by atoms with van der Waals surface area (Å²) in [7, 11) is 0. The third-order valence-corrected chi connectivity index (χ3v) is 8.88. The molecule has 2 heterocycles. The van der Waals surface area contributed by atoms with E-state index in [0.29, 0.717) is 54.4 Å². The molecule has 0 fully saturated rings. The first-order chi connectivity index (χ1) is 20.3. The lowest BCUT2D eigenvalue weighted by Gasteiger charge is -2.32. The minimum atomic E-state index is -1.22. The lowest BCUT2D eigenvalue weighted by molar-refractivity contribution is -0.160. The van der Waals surface area contributed by atoms with Gasteiger partial charge in [-0.05, 0) is 136 Å². The van der Waals surface area contributed by atoms with Crippen LogP contribution in [-0.2, 0) is 28.8 Å². The van der Waals surface area contributed by atoms with Crippen molar-refractivity contribution in [2.24, 2.45) is 0 Å². The molecule has 2 aliphatic rings. The van der Waals surface area contributed by atoms with E-state index in [9.17, 15) is 19.1 Å². The number of benzene rings is 3. The van der Waals surface area contributed by atoms with E-state index in [1.807, 2.05) is 47.6 Å². The maximum absolute atomic E-state index is 13.9. The number of carboxylic acid groups (broad SMARTS) is 1. The van der Waals surface area contributed by atoms with Crippen LogP contribution in [0.4, 0.5) is 4.39 Å². The number of hydrogen-bond donors (Lipinski definition) is 1. The van der Waals surface area contributed by atoms with Crippen molar-refractivity contribution in [1.82, 2.24) is 4.90 Å². The van der Waals surface area contributed by atoms with Crippen molar-refractivity contribution in [1.29, 1.82) is 0 Å². The van der Waals surface area contributed by atoms with Crippen molar-refractivity contribution in [3.8, 4) is 16.9 Å². The molecule has 228 valence electrons. The molecule has 5 rings (SSSR count). The van der Waals surface area contributed by atoms with Gasteiger partial charge in [0.2, 0.25) is 0 Å². The summed E-state index contributed by atoms with van der Waals surface area (Å²) in [6, 6.07) is 7.65. The molecule has 43 heavy (non-hydrogen) atoms. The van der Waals surface area contributed by atoms with Crippen LogP contribution in [0.25, 0.3) is 11.1 Å². The molecule has 0 bridgehead atoms. The SMILES string of the molecule is Cc1c(-c2c(C)c3c(c(C)c2[C@H](OC(C)(C)C)C(=O)O)CCN(C(=O)c2cccc(F)c2)CC3)cc(Cl)c2c1CCCO2. The summed E-state index contributed by atoms with van der Waals surface area (Å²) in [5.41, 5.74) is 7.85. The average Bonchev–Trinajstić information content (AvgIpc) is 3.19. The highest BCUT2D eigenvalue weighted by atomic mass is 35.5. The topological polar surface area (TPSA) is 76.1 Å². The molecule has 0 saturated carbocycles. The van der Waals surface area contributed by atoms with E-state index >= 15 is 0 Å². The normalized spacial score (nSPS) is 15.7. The number of carbonyl (C=O) groups excluding carboxylic acids is 1. The molecule has 1 atom stereocenters. The largest absolute Gasteiger partial charge is 0.492 e. The molecule has 0 radical (unpaired) electrons. The lowest BCUT2D eigenvalue weighted by Crippen LogP contribution is -2.33. The minimum absolute atomic E-state index is 0.222. The number of fused-ring (bicyclic) bond motifs is 2. The van der Waals surface area contributed by atoms with Crippen LogP contribution in [0.2, 0.25) is 5.02 Å². The van der Waals surface area contributed by atoms with Crippen molar-refractivity contribution < 1.29 is 28.6 Å². The Hall–Kier alpha value is -3.42. The number of halogens is 2. The molecule has 0 spiro atoms. The van der Waals surface area contributed by atoms with E-state index in [1.54, 1.807) is 17.0 Å². The number of aliphatic carboxylic acids is 1. The third-order valence-electron chi connectivity index (χ3n) is 8.60. The van der Waals surface area contributed by atoms with Crippen molar-refractivity contribution in [2.45, 2.75) is 78.9 Å². The fraction of sp³-hybridized carbons (Fsp3) is 0.429. The molecule has 2 aliphatic heterocycles. The number of nitrogens with zero attached hydrogens (tertiary/aromatic N) is 1. The molecule has 3 aromatic carbocycles. The third kappa shape index (κ3) is 6.02. The Labute approximate surface area is 257 Å². The molecule has 1 N–H and O–H groups in total. The molecule has 8 heteroatoms. The molecule has 1 amide bonds. The summed E-state index contributed by atoms with van der Waals surface area (Å²) < 4.78 is 26.1. The van der Waals surface area contributed by atoms with E-state index in [0.717, 1.165) is 57.3 Å². The quantitative estimate of drug-likeness (QED) is 0.324. The number of carbonyl (C=O) groups is 2. The van der Waals surface area contributed by atoms with Crippen molar-refractivity contribution in [3.05, 3.63) is 85.7 Å². The predicted molar refractivity (Wildman–Crippen MR) is 166 cm³/mol. The standard InChI is InChI=1S/C35H39ClFNO5/c1-19-26-11-8-16-42-31(26)28(36)18-27(19)29-20(2)24-12-14-38(33(39)22-9-7-10-23(37)17-22)15-13-25(24)21(3)30(29)32(34(40)41)43-35(4,5)6/h7,9-10,17-18,32H,8,11-16H2,1-6H3,(H,40,41)/t32-/m0/s1. The maximum atomic E-state index is 13.9. The van der Waals surface area contributed by atoms with E-state index in [-0.39, 0.29) is 5.91 Å². The number of rotatable bonds is 5. The lowest BCUT2D eigenvalue weighted by atomic mass is 9.79. The summed E-state index contributed by atoms with van der Waals surface area (Å²) >= 11 is 6.81. The van der Waals surface area contributed by atoms with Crippen LogP contribution in [0.3, 0.4) is 0 Å². The second-order valence-electron chi connectivity index (χ2n) is 12.5. The van der Waals surface area contributed by atoms with Gasteiger partial charge in [0, 0.05) is 24.2 Å². The highest BCUT2D eigenvalue weighted by Crippen LogP contribution is 2.47. The molecule has 6 nitrogen and oxygen atoms in total. The molecule has 0 unspecified atom stereocenters. The van der Waals surface area contributed by atoms with E-state index < -0.39 is 23.5 Å². The van der Waals surface area contributed by atoms with E-state index in [1.165, 1.54) is 12.1 Å².